The quantitative estimate of drug-likeness (QED) is 0.614. The number of allylic oxidation sites excluding steroid dienone is 1. The number of methoxy groups -OCH3 is 1. The standard InChI is InChI=1S/C16H12FNO/c1-19-16-7-5-12(6-8-16)9-14(11-18)13-3-2-4-15(17)10-13/h2-10H,1H3/b14-9-. The second-order valence-electron chi connectivity index (χ2n) is 3.95. The van der Waals surface area contributed by atoms with Gasteiger partial charge in [-0.15, -0.1) is 0 Å². The van der Waals surface area contributed by atoms with Gasteiger partial charge in [-0.1, -0.05) is 24.3 Å². The molecule has 0 aromatic heterocycles. The van der Waals surface area contributed by atoms with Gasteiger partial charge in [0.25, 0.3) is 0 Å². The Morgan fingerprint density at radius 1 is 1.21 bits per heavy atom. The van der Waals surface area contributed by atoms with Crippen LogP contribution in [0.5, 0.6) is 5.75 Å². The monoisotopic (exact) mass is 253 g/mol. The van der Waals surface area contributed by atoms with Gasteiger partial charge < -0.3 is 4.74 Å². The van der Waals surface area contributed by atoms with Crippen LogP contribution in [0.25, 0.3) is 11.6 Å². The van der Waals surface area contributed by atoms with Crippen molar-refractivity contribution in [2.75, 3.05) is 7.11 Å². The molecule has 0 aliphatic carbocycles. The van der Waals surface area contributed by atoms with Gasteiger partial charge in [0, 0.05) is 0 Å². The SMILES string of the molecule is COc1ccc(/C=C(/C#N)c2cccc(F)c2)cc1. The molecule has 94 valence electrons. The fraction of sp³-hybridized carbons (Fsp3) is 0.0625. The highest BCUT2D eigenvalue weighted by molar-refractivity contribution is 5.89. The van der Waals surface area contributed by atoms with E-state index >= 15 is 0 Å². The maximum Gasteiger partial charge on any atom is 0.123 e. The van der Waals surface area contributed by atoms with E-state index in [9.17, 15) is 4.39 Å². The van der Waals surface area contributed by atoms with Crippen LogP contribution < -0.4 is 4.74 Å². The molecule has 0 saturated heterocycles. The van der Waals surface area contributed by atoms with Crippen LogP contribution in [0.4, 0.5) is 4.39 Å². The van der Waals surface area contributed by atoms with Crippen LogP contribution in [0.3, 0.4) is 0 Å². The summed E-state index contributed by atoms with van der Waals surface area (Å²) in [5.41, 5.74) is 1.85. The molecule has 0 atom stereocenters. The van der Waals surface area contributed by atoms with Gasteiger partial charge in [-0.25, -0.2) is 4.39 Å². The summed E-state index contributed by atoms with van der Waals surface area (Å²) in [7, 11) is 1.60. The number of benzene rings is 2. The highest BCUT2D eigenvalue weighted by Gasteiger charge is 2.02. The third-order valence-electron chi connectivity index (χ3n) is 2.68. The molecule has 0 spiro atoms. The number of halogens is 1. The molecule has 0 amide bonds. The van der Waals surface area contributed by atoms with Gasteiger partial charge in [0.15, 0.2) is 0 Å². The molecule has 0 fully saturated rings. The van der Waals surface area contributed by atoms with E-state index in [4.69, 9.17) is 10.00 Å². The van der Waals surface area contributed by atoms with Crippen LogP contribution in [-0.4, -0.2) is 7.11 Å². The Hall–Kier alpha value is -2.60. The summed E-state index contributed by atoms with van der Waals surface area (Å²) in [6, 6.07) is 15.4. The van der Waals surface area contributed by atoms with Crippen molar-refractivity contribution in [1.29, 1.82) is 5.26 Å². The molecule has 0 aliphatic rings. The molecule has 2 aromatic rings. The van der Waals surface area contributed by atoms with E-state index in [1.54, 1.807) is 25.3 Å². The molecule has 0 unspecified atom stereocenters. The summed E-state index contributed by atoms with van der Waals surface area (Å²) in [4.78, 5) is 0. The normalized spacial score (nSPS) is 10.9. The van der Waals surface area contributed by atoms with Crippen molar-refractivity contribution in [1.82, 2.24) is 0 Å². The lowest BCUT2D eigenvalue weighted by Crippen LogP contribution is -1.85. The lowest BCUT2D eigenvalue weighted by Gasteiger charge is -2.02. The summed E-state index contributed by atoms with van der Waals surface area (Å²) >= 11 is 0. The van der Waals surface area contributed by atoms with Crippen molar-refractivity contribution in [3.8, 4) is 11.8 Å². The number of ether oxygens (including phenoxy) is 1. The fourth-order valence-corrected chi connectivity index (χ4v) is 1.70. The first kappa shape index (κ1) is 12.8. The summed E-state index contributed by atoms with van der Waals surface area (Å²) in [6.07, 6.45) is 1.72. The Morgan fingerprint density at radius 3 is 2.53 bits per heavy atom. The Balaban J connectivity index is 2.36. The zero-order chi connectivity index (χ0) is 13.7. The van der Waals surface area contributed by atoms with E-state index in [0.29, 0.717) is 11.1 Å². The molecule has 0 radical (unpaired) electrons. The smallest absolute Gasteiger partial charge is 0.123 e. The van der Waals surface area contributed by atoms with Crippen LogP contribution >= 0.6 is 0 Å². The third kappa shape index (κ3) is 3.20. The van der Waals surface area contributed by atoms with Gasteiger partial charge in [-0.2, -0.15) is 5.26 Å². The van der Waals surface area contributed by atoms with Crippen molar-refractivity contribution < 1.29 is 9.13 Å². The van der Waals surface area contributed by atoms with Gasteiger partial charge >= 0.3 is 0 Å². The number of rotatable bonds is 3. The zero-order valence-corrected chi connectivity index (χ0v) is 10.4. The van der Waals surface area contributed by atoms with Crippen molar-refractivity contribution in [2.45, 2.75) is 0 Å². The summed E-state index contributed by atoms with van der Waals surface area (Å²) in [6.45, 7) is 0. The molecule has 2 nitrogen and oxygen atoms in total. The van der Waals surface area contributed by atoms with E-state index in [2.05, 4.69) is 6.07 Å². The van der Waals surface area contributed by atoms with Crippen molar-refractivity contribution in [3.63, 3.8) is 0 Å². The Bertz CT molecular complexity index is 639. The van der Waals surface area contributed by atoms with Crippen LogP contribution in [0.15, 0.2) is 48.5 Å². The zero-order valence-electron chi connectivity index (χ0n) is 10.4. The molecule has 0 heterocycles. The largest absolute Gasteiger partial charge is 0.497 e. The van der Waals surface area contributed by atoms with Gasteiger partial charge in [0.1, 0.15) is 11.6 Å². The topological polar surface area (TPSA) is 33.0 Å². The minimum absolute atomic E-state index is 0.353. The van der Waals surface area contributed by atoms with Crippen LogP contribution in [-0.2, 0) is 0 Å². The second kappa shape index (κ2) is 5.83. The molecule has 19 heavy (non-hydrogen) atoms. The van der Waals surface area contributed by atoms with Gasteiger partial charge in [0.2, 0.25) is 0 Å². The molecule has 3 heteroatoms. The minimum atomic E-state index is -0.353. The summed E-state index contributed by atoms with van der Waals surface area (Å²) in [5.74, 6) is 0.398. The second-order valence-corrected chi connectivity index (χ2v) is 3.95. The number of nitrogens with zero attached hydrogens (tertiary/aromatic N) is 1. The molecule has 2 rings (SSSR count). The Morgan fingerprint density at radius 2 is 1.95 bits per heavy atom. The van der Waals surface area contributed by atoms with E-state index in [-0.39, 0.29) is 5.82 Å². The Labute approximate surface area is 111 Å². The van der Waals surface area contributed by atoms with Crippen LogP contribution in [0, 0.1) is 17.1 Å². The third-order valence-corrected chi connectivity index (χ3v) is 2.68. The molecule has 0 saturated carbocycles. The highest BCUT2D eigenvalue weighted by atomic mass is 19.1. The van der Waals surface area contributed by atoms with Crippen molar-refractivity contribution >= 4 is 11.6 Å². The van der Waals surface area contributed by atoms with Crippen LogP contribution in [0.2, 0.25) is 0 Å². The lowest BCUT2D eigenvalue weighted by molar-refractivity contribution is 0.415. The average Bonchev–Trinajstić information content (AvgIpc) is 2.45. The molecular weight excluding hydrogens is 241 g/mol. The fourth-order valence-electron chi connectivity index (χ4n) is 1.70. The van der Waals surface area contributed by atoms with Gasteiger partial charge in [0.05, 0.1) is 18.8 Å². The lowest BCUT2D eigenvalue weighted by atomic mass is 10.0. The minimum Gasteiger partial charge on any atom is -0.497 e. The maximum atomic E-state index is 13.1. The molecule has 0 aliphatic heterocycles. The highest BCUT2D eigenvalue weighted by Crippen LogP contribution is 2.20. The number of hydrogen-bond acceptors (Lipinski definition) is 2. The van der Waals surface area contributed by atoms with E-state index in [1.165, 1.54) is 12.1 Å². The van der Waals surface area contributed by atoms with E-state index in [1.807, 2.05) is 24.3 Å². The van der Waals surface area contributed by atoms with E-state index < -0.39 is 0 Å². The predicted molar refractivity (Wildman–Crippen MR) is 72.9 cm³/mol. The first-order valence-electron chi connectivity index (χ1n) is 5.75. The van der Waals surface area contributed by atoms with Crippen molar-refractivity contribution in [2.24, 2.45) is 0 Å². The number of hydrogen-bond donors (Lipinski definition) is 0. The van der Waals surface area contributed by atoms with Crippen LogP contribution in [0.1, 0.15) is 11.1 Å². The maximum absolute atomic E-state index is 13.1. The van der Waals surface area contributed by atoms with Gasteiger partial charge in [-0.05, 0) is 41.5 Å². The molecular formula is C16H12FNO. The molecule has 0 bridgehead atoms. The Kier molecular flexibility index (Phi) is 3.94. The van der Waals surface area contributed by atoms with Crippen molar-refractivity contribution in [3.05, 3.63) is 65.5 Å². The average molecular weight is 253 g/mol. The summed E-state index contributed by atoms with van der Waals surface area (Å²) < 4.78 is 18.2. The van der Waals surface area contributed by atoms with Gasteiger partial charge in [-0.3, -0.25) is 0 Å². The summed E-state index contributed by atoms with van der Waals surface area (Å²) in [5, 5.41) is 9.17. The molecule has 0 N–H and O–H groups in total. The van der Waals surface area contributed by atoms with E-state index in [0.717, 1.165) is 11.3 Å². The first-order valence-corrected chi connectivity index (χ1v) is 5.75. The first-order chi connectivity index (χ1) is 9.22. The number of nitriles is 1. The predicted octanol–water partition coefficient (Wildman–Crippen LogP) is 3.90. The molecule has 2 aromatic carbocycles.